The highest BCUT2D eigenvalue weighted by atomic mass is 14.9. The molecule has 2 aromatic rings. The number of nitrogens with two attached hydrogens (primary N) is 2. The van der Waals surface area contributed by atoms with Crippen molar-refractivity contribution < 1.29 is 0 Å². The van der Waals surface area contributed by atoms with E-state index in [1.807, 2.05) is 24.4 Å². The van der Waals surface area contributed by atoms with Crippen molar-refractivity contribution in [3.8, 4) is 0 Å². The number of H-pyrrole nitrogens is 1. The molecular weight excluding hydrogens is 188 g/mol. The molecular formula is C11H14N4. The zero-order valence-corrected chi connectivity index (χ0v) is 8.40. The highest BCUT2D eigenvalue weighted by Gasteiger charge is 2.01. The summed E-state index contributed by atoms with van der Waals surface area (Å²) in [5.41, 5.74) is 15.2. The van der Waals surface area contributed by atoms with E-state index in [9.17, 15) is 0 Å². The fourth-order valence-corrected chi connectivity index (χ4v) is 1.53. The smallest absolute Gasteiger partial charge is 0.0923 e. The first-order valence-corrected chi connectivity index (χ1v) is 4.87. The lowest BCUT2D eigenvalue weighted by atomic mass is 10.1. The van der Waals surface area contributed by atoms with E-state index in [4.69, 9.17) is 11.5 Å². The van der Waals surface area contributed by atoms with Crippen LogP contribution in [0.3, 0.4) is 0 Å². The summed E-state index contributed by atoms with van der Waals surface area (Å²) in [7, 11) is 0. The first-order valence-electron chi connectivity index (χ1n) is 4.87. The van der Waals surface area contributed by atoms with Crippen LogP contribution in [0.15, 0.2) is 30.7 Å². The number of rotatable bonds is 3. The zero-order chi connectivity index (χ0) is 10.7. The molecule has 0 saturated heterocycles. The molecule has 1 aromatic heterocycles. The van der Waals surface area contributed by atoms with Crippen LogP contribution in [-0.4, -0.2) is 9.97 Å². The number of aromatic amines is 1. The van der Waals surface area contributed by atoms with Crippen molar-refractivity contribution in [1.29, 1.82) is 0 Å². The third-order valence-electron chi connectivity index (χ3n) is 2.37. The zero-order valence-electron chi connectivity index (χ0n) is 8.40. The molecule has 4 nitrogen and oxygen atoms in total. The lowest BCUT2D eigenvalue weighted by molar-refractivity contribution is 0.928. The Bertz CT molecular complexity index is 434. The minimum absolute atomic E-state index is 0.751. The van der Waals surface area contributed by atoms with Gasteiger partial charge in [-0.2, -0.15) is 0 Å². The number of benzene rings is 1. The summed E-state index contributed by atoms with van der Waals surface area (Å²) in [5.74, 6) is 0. The molecule has 15 heavy (non-hydrogen) atoms. The van der Waals surface area contributed by atoms with E-state index < -0.39 is 0 Å². The molecule has 0 saturated carbocycles. The molecule has 1 aromatic carbocycles. The number of nitrogen functional groups attached to an aromatic ring is 2. The largest absolute Gasteiger partial charge is 0.399 e. The highest BCUT2D eigenvalue weighted by molar-refractivity contribution is 5.55. The van der Waals surface area contributed by atoms with Crippen LogP contribution in [0.25, 0.3) is 0 Å². The second-order valence-corrected chi connectivity index (χ2v) is 3.52. The summed E-state index contributed by atoms with van der Waals surface area (Å²) in [6, 6.07) is 5.57. The molecule has 0 spiro atoms. The molecule has 0 bridgehead atoms. The number of anilines is 2. The lowest BCUT2D eigenvalue weighted by Gasteiger charge is -2.05. The van der Waals surface area contributed by atoms with Gasteiger partial charge in [-0.1, -0.05) is 0 Å². The van der Waals surface area contributed by atoms with Gasteiger partial charge < -0.3 is 16.5 Å². The molecule has 78 valence electrons. The van der Waals surface area contributed by atoms with Crippen molar-refractivity contribution in [2.75, 3.05) is 11.5 Å². The van der Waals surface area contributed by atoms with Crippen LogP contribution in [0.2, 0.25) is 0 Å². The first-order chi connectivity index (χ1) is 7.25. The van der Waals surface area contributed by atoms with E-state index in [0.29, 0.717) is 0 Å². The van der Waals surface area contributed by atoms with E-state index in [1.165, 1.54) is 0 Å². The van der Waals surface area contributed by atoms with E-state index >= 15 is 0 Å². The van der Waals surface area contributed by atoms with Gasteiger partial charge in [0.25, 0.3) is 0 Å². The normalized spacial score (nSPS) is 10.4. The minimum atomic E-state index is 0.751. The number of imidazole rings is 1. The van der Waals surface area contributed by atoms with Crippen molar-refractivity contribution >= 4 is 11.4 Å². The quantitative estimate of drug-likeness (QED) is 0.657. The molecule has 5 N–H and O–H groups in total. The monoisotopic (exact) mass is 202 g/mol. The number of aryl methyl sites for hydroxylation is 2. The number of nitrogens with one attached hydrogen (secondary N) is 1. The first kappa shape index (κ1) is 9.58. The number of hydrogen-bond donors (Lipinski definition) is 3. The molecule has 0 amide bonds. The van der Waals surface area contributed by atoms with E-state index in [-0.39, 0.29) is 0 Å². The van der Waals surface area contributed by atoms with Gasteiger partial charge in [-0.3, -0.25) is 0 Å². The number of aromatic nitrogens is 2. The van der Waals surface area contributed by atoms with Crippen LogP contribution in [-0.2, 0) is 12.8 Å². The average Bonchev–Trinajstić information content (AvgIpc) is 2.72. The fourth-order valence-electron chi connectivity index (χ4n) is 1.53. The summed E-state index contributed by atoms with van der Waals surface area (Å²) in [6.07, 6.45) is 5.30. The van der Waals surface area contributed by atoms with Crippen LogP contribution in [0.1, 0.15) is 11.3 Å². The van der Waals surface area contributed by atoms with Crippen molar-refractivity contribution in [3.63, 3.8) is 0 Å². The fraction of sp³-hybridized carbons (Fsp3) is 0.182. The third kappa shape index (κ3) is 2.28. The van der Waals surface area contributed by atoms with Crippen LogP contribution in [0.4, 0.5) is 11.4 Å². The van der Waals surface area contributed by atoms with Gasteiger partial charge in [0.2, 0.25) is 0 Å². The van der Waals surface area contributed by atoms with Crippen LogP contribution < -0.4 is 11.5 Å². The molecule has 0 aliphatic heterocycles. The summed E-state index contributed by atoms with van der Waals surface area (Å²) < 4.78 is 0. The molecule has 0 radical (unpaired) electrons. The molecule has 0 aliphatic carbocycles. The van der Waals surface area contributed by atoms with Gasteiger partial charge in [0, 0.05) is 17.6 Å². The third-order valence-corrected chi connectivity index (χ3v) is 2.37. The van der Waals surface area contributed by atoms with Gasteiger partial charge in [0.1, 0.15) is 0 Å². The van der Waals surface area contributed by atoms with Gasteiger partial charge >= 0.3 is 0 Å². The maximum absolute atomic E-state index is 5.85. The van der Waals surface area contributed by atoms with Crippen LogP contribution >= 0.6 is 0 Å². The van der Waals surface area contributed by atoms with Gasteiger partial charge in [0.05, 0.1) is 12.0 Å². The minimum Gasteiger partial charge on any atom is -0.399 e. The molecule has 2 rings (SSSR count). The predicted molar refractivity (Wildman–Crippen MR) is 61.3 cm³/mol. The van der Waals surface area contributed by atoms with Gasteiger partial charge in [0.15, 0.2) is 0 Å². The molecule has 4 heteroatoms. The van der Waals surface area contributed by atoms with E-state index in [0.717, 1.165) is 35.5 Å². The van der Waals surface area contributed by atoms with Crippen molar-refractivity contribution in [2.45, 2.75) is 12.8 Å². The van der Waals surface area contributed by atoms with E-state index in [1.54, 1.807) is 6.33 Å². The Balaban J connectivity index is 2.07. The lowest BCUT2D eigenvalue weighted by Crippen LogP contribution is -1.99. The number of nitrogens with zero attached hydrogens (tertiary/aromatic N) is 1. The van der Waals surface area contributed by atoms with Crippen molar-refractivity contribution in [1.82, 2.24) is 9.97 Å². The van der Waals surface area contributed by atoms with Crippen molar-refractivity contribution in [2.24, 2.45) is 0 Å². The summed E-state index contributed by atoms with van der Waals surface area (Å²) in [4.78, 5) is 7.08. The van der Waals surface area contributed by atoms with E-state index in [2.05, 4.69) is 9.97 Å². The second kappa shape index (κ2) is 4.04. The second-order valence-electron chi connectivity index (χ2n) is 3.52. The molecule has 0 atom stereocenters. The van der Waals surface area contributed by atoms with Gasteiger partial charge in [-0.05, 0) is 36.6 Å². The summed E-state index contributed by atoms with van der Waals surface area (Å²) >= 11 is 0. The SMILES string of the molecule is Nc1ccc(N)c(CCc2c[nH]cn2)c1. The molecule has 1 heterocycles. The summed E-state index contributed by atoms with van der Waals surface area (Å²) in [6.45, 7) is 0. The van der Waals surface area contributed by atoms with Gasteiger partial charge in [-0.25, -0.2) is 4.98 Å². The Morgan fingerprint density at radius 1 is 1.20 bits per heavy atom. The number of hydrogen-bond acceptors (Lipinski definition) is 3. The van der Waals surface area contributed by atoms with Gasteiger partial charge in [-0.15, -0.1) is 0 Å². The predicted octanol–water partition coefficient (Wildman–Crippen LogP) is 1.36. The van der Waals surface area contributed by atoms with Crippen LogP contribution in [0.5, 0.6) is 0 Å². The maximum atomic E-state index is 5.85. The molecule has 0 aliphatic rings. The standard InChI is InChI=1S/C11H14N4/c12-9-2-4-11(13)8(5-9)1-3-10-6-14-7-15-10/h2,4-7H,1,3,12-13H2,(H,14,15). The average molecular weight is 202 g/mol. The Morgan fingerprint density at radius 2 is 2.07 bits per heavy atom. The van der Waals surface area contributed by atoms with Crippen LogP contribution in [0, 0.1) is 0 Å². The Labute approximate surface area is 88.3 Å². The summed E-state index contributed by atoms with van der Waals surface area (Å²) in [5, 5.41) is 0. The Kier molecular flexibility index (Phi) is 2.58. The Hall–Kier alpha value is -1.97. The highest BCUT2D eigenvalue weighted by Crippen LogP contribution is 2.17. The maximum Gasteiger partial charge on any atom is 0.0923 e. The van der Waals surface area contributed by atoms with Crippen molar-refractivity contribution in [3.05, 3.63) is 42.0 Å². The molecule has 0 fully saturated rings. The Morgan fingerprint density at radius 3 is 2.80 bits per heavy atom. The molecule has 0 unspecified atom stereocenters. The topological polar surface area (TPSA) is 80.7 Å².